The van der Waals surface area contributed by atoms with Crippen molar-refractivity contribution >= 4 is 72.6 Å². The molecule has 0 radical (unpaired) electrons. The maximum absolute atomic E-state index is 16.3. The maximum atomic E-state index is 16.3. The number of carboxylic acid groups (broad SMARTS) is 1. The Hall–Kier alpha value is -6.08. The van der Waals surface area contributed by atoms with Crippen LogP contribution in [0.3, 0.4) is 0 Å². The van der Waals surface area contributed by atoms with Crippen LogP contribution in [0.25, 0.3) is 43.1 Å². The van der Waals surface area contributed by atoms with E-state index in [0.717, 1.165) is 77.0 Å². The van der Waals surface area contributed by atoms with Gasteiger partial charge in [-0.1, -0.05) is 105 Å². The minimum atomic E-state index is -0.892. The van der Waals surface area contributed by atoms with Gasteiger partial charge in [0.1, 0.15) is 18.9 Å². The number of nitrogens with zero attached hydrogens (tertiary/aromatic N) is 2. The predicted octanol–water partition coefficient (Wildman–Crippen LogP) is 10.4. The number of aliphatic carboxylic acids is 1. The molecular formula is C47H42FN2O4+. The molecule has 54 heavy (non-hydrogen) atoms. The van der Waals surface area contributed by atoms with Gasteiger partial charge in [-0.05, 0) is 76.0 Å². The van der Waals surface area contributed by atoms with Gasteiger partial charge in [0, 0.05) is 28.1 Å². The average Bonchev–Trinajstić information content (AvgIpc) is 3.54. The molecule has 2 aliphatic rings. The molecule has 0 fully saturated rings. The fourth-order valence-corrected chi connectivity index (χ4v) is 9.08. The van der Waals surface area contributed by atoms with E-state index in [1.54, 1.807) is 6.08 Å². The normalized spacial score (nSPS) is 17.0. The summed E-state index contributed by atoms with van der Waals surface area (Å²) in [6.45, 7) is 9.85. The first-order valence-electron chi connectivity index (χ1n) is 18.4. The van der Waals surface area contributed by atoms with Crippen molar-refractivity contribution in [2.45, 2.75) is 44.9 Å². The number of ether oxygens (including phenoxy) is 1. The lowest BCUT2D eigenvalue weighted by molar-refractivity contribution is -0.435. The zero-order valence-electron chi connectivity index (χ0n) is 30.9. The number of halogens is 1. The Bertz CT molecular complexity index is 2660. The summed E-state index contributed by atoms with van der Waals surface area (Å²) in [7, 11) is 0. The van der Waals surface area contributed by atoms with Crippen molar-refractivity contribution in [3.05, 3.63) is 144 Å². The van der Waals surface area contributed by atoms with E-state index in [1.165, 1.54) is 12.2 Å². The Kier molecular flexibility index (Phi) is 8.68. The molecule has 0 spiro atoms. The van der Waals surface area contributed by atoms with Gasteiger partial charge >= 0.3 is 5.97 Å². The first kappa shape index (κ1) is 35.0. The molecule has 6 aromatic rings. The molecule has 0 atom stereocenters. The summed E-state index contributed by atoms with van der Waals surface area (Å²) >= 11 is 0. The van der Waals surface area contributed by atoms with Crippen molar-refractivity contribution in [1.82, 2.24) is 0 Å². The third-order valence-electron chi connectivity index (χ3n) is 11.3. The minimum Gasteiger partial charge on any atom is -0.481 e. The molecule has 0 saturated carbocycles. The van der Waals surface area contributed by atoms with Gasteiger partial charge in [-0.25, -0.2) is 4.39 Å². The molecule has 0 saturated heterocycles. The van der Waals surface area contributed by atoms with Gasteiger partial charge in [0.05, 0.1) is 23.0 Å². The molecule has 270 valence electrons. The minimum absolute atomic E-state index is 0.0684. The smallest absolute Gasteiger partial charge is 0.309 e. The zero-order chi connectivity index (χ0) is 37.8. The van der Waals surface area contributed by atoms with Crippen molar-refractivity contribution in [1.29, 1.82) is 0 Å². The van der Waals surface area contributed by atoms with Crippen molar-refractivity contribution in [3.8, 4) is 0 Å². The van der Waals surface area contributed by atoms with Crippen LogP contribution < -0.4 is 4.90 Å². The van der Waals surface area contributed by atoms with E-state index in [0.29, 0.717) is 13.0 Å². The molecule has 0 amide bonds. The number of anilines is 1. The molecule has 6 nitrogen and oxygen atoms in total. The monoisotopic (exact) mass is 717 g/mol. The second kappa shape index (κ2) is 13.4. The summed E-state index contributed by atoms with van der Waals surface area (Å²) in [5.74, 6) is -1.34. The number of hydrogen-bond acceptors (Lipinski definition) is 4. The molecule has 7 heteroatoms. The van der Waals surface area contributed by atoms with E-state index in [4.69, 9.17) is 4.74 Å². The van der Waals surface area contributed by atoms with Crippen molar-refractivity contribution < 1.29 is 28.4 Å². The van der Waals surface area contributed by atoms with Crippen LogP contribution in [0.4, 0.5) is 15.8 Å². The van der Waals surface area contributed by atoms with Crippen LogP contribution in [0, 0.1) is 0 Å². The molecule has 2 heterocycles. The number of rotatable bonds is 10. The molecule has 0 aliphatic carbocycles. The third-order valence-corrected chi connectivity index (χ3v) is 11.3. The highest BCUT2D eigenvalue weighted by molar-refractivity contribution is 6.19. The molecule has 1 N–H and O–H groups in total. The van der Waals surface area contributed by atoms with Gasteiger partial charge in [-0.15, -0.1) is 0 Å². The van der Waals surface area contributed by atoms with Crippen LogP contribution in [0.2, 0.25) is 0 Å². The van der Waals surface area contributed by atoms with E-state index in [9.17, 15) is 14.7 Å². The van der Waals surface area contributed by atoms with Gasteiger partial charge < -0.3 is 14.7 Å². The molecule has 8 rings (SSSR count). The average molecular weight is 718 g/mol. The van der Waals surface area contributed by atoms with Gasteiger partial charge in [-0.2, -0.15) is 4.58 Å². The Morgan fingerprint density at radius 2 is 1.28 bits per heavy atom. The van der Waals surface area contributed by atoms with E-state index in [2.05, 4.69) is 91.8 Å². The lowest BCUT2D eigenvalue weighted by atomic mass is 9.78. The van der Waals surface area contributed by atoms with E-state index in [-0.39, 0.29) is 19.6 Å². The SMILES string of the molecule is CC1(C)C(/C=C/C(F)=C/C=C2\N(CCOC=O)c3c(c4ccccc4c4ccccc34)C2(C)C)=[N+](CCC(=O)O)c2c1c1ccccc1c1ccccc21. The zero-order valence-corrected chi connectivity index (χ0v) is 30.9. The van der Waals surface area contributed by atoms with Crippen molar-refractivity contribution in [2.24, 2.45) is 0 Å². The number of carbonyl (C=O) groups is 2. The third kappa shape index (κ3) is 5.49. The summed E-state index contributed by atoms with van der Waals surface area (Å²) in [5, 5.41) is 18.6. The molecule has 2 aliphatic heterocycles. The van der Waals surface area contributed by atoms with Gasteiger partial charge in [-0.3, -0.25) is 9.59 Å². The van der Waals surface area contributed by atoms with Crippen LogP contribution in [0.1, 0.15) is 45.2 Å². The highest BCUT2D eigenvalue weighted by atomic mass is 19.1. The number of allylic oxidation sites excluding steroid dienone is 6. The number of fused-ring (bicyclic) bond motifs is 12. The van der Waals surface area contributed by atoms with Crippen LogP contribution in [0.15, 0.2) is 133 Å². The number of hydrogen-bond donors (Lipinski definition) is 1. The van der Waals surface area contributed by atoms with Gasteiger partial charge in [0.15, 0.2) is 12.3 Å². The van der Waals surface area contributed by atoms with Crippen LogP contribution in [-0.4, -0.2) is 47.5 Å². The van der Waals surface area contributed by atoms with Crippen molar-refractivity contribution in [2.75, 3.05) is 24.6 Å². The second-order valence-electron chi connectivity index (χ2n) is 15.1. The number of benzene rings is 6. The maximum Gasteiger partial charge on any atom is 0.309 e. The summed E-state index contributed by atoms with van der Waals surface area (Å²) < 4.78 is 23.5. The predicted molar refractivity (Wildman–Crippen MR) is 217 cm³/mol. The quantitative estimate of drug-likeness (QED) is 0.0502. The number of carbonyl (C=O) groups excluding carboxylic acids is 1. The lowest BCUT2D eigenvalue weighted by Gasteiger charge is -2.27. The highest BCUT2D eigenvalue weighted by Gasteiger charge is 2.47. The summed E-state index contributed by atoms with van der Waals surface area (Å²) in [5.41, 5.74) is 4.91. The first-order chi connectivity index (χ1) is 26.1. The summed E-state index contributed by atoms with van der Waals surface area (Å²) in [4.78, 5) is 25.3. The van der Waals surface area contributed by atoms with Gasteiger partial charge in [0.2, 0.25) is 5.69 Å². The topological polar surface area (TPSA) is 69.8 Å². The largest absolute Gasteiger partial charge is 0.481 e. The molecule has 0 aromatic heterocycles. The summed E-state index contributed by atoms with van der Waals surface area (Å²) in [6.07, 6.45) is 6.56. The Balaban J connectivity index is 1.25. The van der Waals surface area contributed by atoms with Gasteiger partial charge in [0.25, 0.3) is 6.47 Å². The standard InChI is InChI=1S/C47H41FN2O4/c1-46(2)39(49(26-25-41(52)53)44-37-19-11-7-15-33(37)31-13-5-9-17-35(31)42(44)46)23-21-30(48)22-24-40-47(3,4)43-36-18-10-6-14-32(36)34-16-8-12-20-38(34)45(43)50(40)27-28-54-29-51/h5-24,29H,25-28H2,1-4H3/p+1. The fraction of sp³-hybridized carbons (Fsp3) is 0.213. The first-order valence-corrected chi connectivity index (χ1v) is 18.4. The molecular weight excluding hydrogens is 676 g/mol. The van der Waals surface area contributed by atoms with E-state index >= 15 is 4.39 Å². The second-order valence-corrected chi connectivity index (χ2v) is 15.1. The Labute approximate surface area is 313 Å². The van der Waals surface area contributed by atoms with Crippen LogP contribution in [-0.2, 0) is 25.2 Å². The summed E-state index contributed by atoms with van der Waals surface area (Å²) in [6, 6.07) is 33.2. The van der Waals surface area contributed by atoms with E-state index < -0.39 is 22.6 Å². The molecule has 0 unspecified atom stereocenters. The Morgan fingerprint density at radius 1 is 0.759 bits per heavy atom. The molecule has 0 bridgehead atoms. The van der Waals surface area contributed by atoms with Crippen LogP contribution in [0.5, 0.6) is 0 Å². The van der Waals surface area contributed by atoms with Crippen LogP contribution >= 0.6 is 0 Å². The van der Waals surface area contributed by atoms with E-state index in [1.807, 2.05) is 48.5 Å². The Morgan fingerprint density at radius 3 is 1.87 bits per heavy atom. The lowest BCUT2D eigenvalue weighted by Crippen LogP contribution is -2.29. The molecule has 6 aromatic carbocycles. The highest BCUT2D eigenvalue weighted by Crippen LogP contribution is 2.54. The van der Waals surface area contributed by atoms with Crippen molar-refractivity contribution in [3.63, 3.8) is 0 Å². The number of carboxylic acids is 1. The fourth-order valence-electron chi connectivity index (χ4n) is 9.08.